The van der Waals surface area contributed by atoms with Crippen molar-refractivity contribution in [1.82, 2.24) is 14.2 Å². The molecule has 0 unspecified atom stereocenters. The molecule has 1 aromatic heterocycles. The van der Waals surface area contributed by atoms with Crippen LogP contribution in [0.2, 0.25) is 0 Å². The van der Waals surface area contributed by atoms with Gasteiger partial charge in [-0.3, -0.25) is 9.69 Å². The van der Waals surface area contributed by atoms with Crippen LogP contribution in [0, 0.1) is 6.92 Å². The van der Waals surface area contributed by atoms with Crippen molar-refractivity contribution >= 4 is 33.0 Å². The summed E-state index contributed by atoms with van der Waals surface area (Å²) in [7, 11) is -1.67. The van der Waals surface area contributed by atoms with Crippen LogP contribution in [0.4, 0.5) is 5.69 Å². The first-order chi connectivity index (χ1) is 14.3. The summed E-state index contributed by atoms with van der Waals surface area (Å²) >= 11 is 1.63. The van der Waals surface area contributed by atoms with Crippen LogP contribution < -0.4 is 5.32 Å². The summed E-state index contributed by atoms with van der Waals surface area (Å²) in [4.78, 5) is 19.2. The van der Waals surface area contributed by atoms with Crippen LogP contribution in [0.3, 0.4) is 0 Å². The molecule has 0 spiro atoms. The van der Waals surface area contributed by atoms with Crippen molar-refractivity contribution in [1.29, 1.82) is 0 Å². The van der Waals surface area contributed by atoms with E-state index in [1.165, 1.54) is 0 Å². The fourth-order valence-electron chi connectivity index (χ4n) is 3.50. The van der Waals surface area contributed by atoms with Gasteiger partial charge < -0.3 is 5.32 Å². The lowest BCUT2D eigenvalue weighted by atomic mass is 10.2. The zero-order valence-electron chi connectivity index (χ0n) is 17.8. The van der Waals surface area contributed by atoms with E-state index in [4.69, 9.17) is 0 Å². The van der Waals surface area contributed by atoms with E-state index < -0.39 is 10.0 Å². The molecule has 1 saturated heterocycles. The van der Waals surface area contributed by atoms with Crippen molar-refractivity contribution in [3.8, 4) is 0 Å². The van der Waals surface area contributed by atoms with Gasteiger partial charge in [0.1, 0.15) is 0 Å². The number of nitrogens with one attached hydrogen (secondary N) is 1. The Hall–Kier alpha value is -1.81. The van der Waals surface area contributed by atoms with E-state index in [0.717, 1.165) is 41.9 Å². The number of sulfonamides is 1. The Kier molecular flexibility index (Phi) is 7.62. The standard InChI is InChI=1S/C21H30N4O3S2/c1-4-21-22-17(15-29-21)13-24(3)14-20(26)23-19-12-18(9-8-16(19)2)30(27,28)25-10-6-5-7-11-25/h8-9,12,15H,4-7,10-11,13-14H2,1-3H3,(H,23,26). The molecule has 1 N–H and O–H groups in total. The summed E-state index contributed by atoms with van der Waals surface area (Å²) in [5.41, 5.74) is 2.32. The number of hydrogen-bond donors (Lipinski definition) is 1. The maximum atomic E-state index is 12.9. The number of carbonyl (C=O) groups excluding carboxylic acids is 1. The molecule has 0 saturated carbocycles. The fraction of sp³-hybridized carbons (Fsp3) is 0.524. The van der Waals surface area contributed by atoms with Crippen LogP contribution in [0.15, 0.2) is 28.5 Å². The molecule has 1 aromatic carbocycles. The molecule has 1 aliphatic heterocycles. The number of rotatable bonds is 8. The summed E-state index contributed by atoms with van der Waals surface area (Å²) < 4.78 is 27.4. The van der Waals surface area contributed by atoms with Gasteiger partial charge in [0.2, 0.25) is 15.9 Å². The Balaban J connectivity index is 1.65. The van der Waals surface area contributed by atoms with E-state index >= 15 is 0 Å². The normalized spacial score (nSPS) is 15.5. The van der Waals surface area contributed by atoms with E-state index in [1.54, 1.807) is 33.8 Å². The molecule has 0 atom stereocenters. The molecule has 0 radical (unpaired) electrons. The molecule has 1 amide bonds. The number of anilines is 1. The van der Waals surface area contributed by atoms with Crippen LogP contribution in [-0.4, -0.2) is 55.2 Å². The zero-order chi connectivity index (χ0) is 21.7. The molecular weight excluding hydrogens is 420 g/mol. The molecule has 1 aliphatic rings. The minimum absolute atomic E-state index is 0.181. The second-order valence-electron chi connectivity index (χ2n) is 7.75. The van der Waals surface area contributed by atoms with Gasteiger partial charge in [0.25, 0.3) is 0 Å². The van der Waals surface area contributed by atoms with Crippen LogP contribution in [0.25, 0.3) is 0 Å². The maximum absolute atomic E-state index is 12.9. The number of aryl methyl sites for hydroxylation is 2. The second kappa shape index (κ2) is 10.00. The quantitative estimate of drug-likeness (QED) is 0.668. The molecule has 2 aromatic rings. The lowest BCUT2D eigenvalue weighted by Gasteiger charge is -2.26. The highest BCUT2D eigenvalue weighted by atomic mass is 32.2. The highest BCUT2D eigenvalue weighted by molar-refractivity contribution is 7.89. The van der Waals surface area contributed by atoms with Gasteiger partial charge in [0.05, 0.1) is 22.1 Å². The minimum atomic E-state index is -3.54. The SMILES string of the molecule is CCc1nc(CN(C)CC(=O)Nc2cc(S(=O)(=O)N3CCCCC3)ccc2C)cs1. The van der Waals surface area contributed by atoms with Gasteiger partial charge >= 0.3 is 0 Å². The number of likely N-dealkylation sites (N-methyl/N-ethyl adjacent to an activating group) is 1. The molecule has 9 heteroatoms. The van der Waals surface area contributed by atoms with Crippen molar-refractivity contribution < 1.29 is 13.2 Å². The Morgan fingerprint density at radius 1 is 1.27 bits per heavy atom. The lowest BCUT2D eigenvalue weighted by molar-refractivity contribution is -0.117. The Morgan fingerprint density at radius 2 is 2.00 bits per heavy atom. The summed E-state index contributed by atoms with van der Waals surface area (Å²) in [5.74, 6) is -0.181. The number of carbonyl (C=O) groups is 1. The van der Waals surface area contributed by atoms with E-state index in [-0.39, 0.29) is 17.3 Å². The molecular formula is C21H30N4O3S2. The lowest BCUT2D eigenvalue weighted by Crippen LogP contribution is -2.35. The molecule has 0 bridgehead atoms. The van der Waals surface area contributed by atoms with Crippen LogP contribution in [-0.2, 0) is 27.8 Å². The van der Waals surface area contributed by atoms with Crippen LogP contribution in [0.5, 0.6) is 0 Å². The van der Waals surface area contributed by atoms with Crippen LogP contribution in [0.1, 0.15) is 42.5 Å². The minimum Gasteiger partial charge on any atom is -0.325 e. The van der Waals surface area contributed by atoms with Crippen molar-refractivity contribution in [3.05, 3.63) is 39.8 Å². The molecule has 0 aliphatic carbocycles. The van der Waals surface area contributed by atoms with Gasteiger partial charge in [0, 0.05) is 30.7 Å². The number of aromatic nitrogens is 1. The van der Waals surface area contributed by atoms with Crippen LogP contribution >= 0.6 is 11.3 Å². The molecule has 30 heavy (non-hydrogen) atoms. The fourth-order valence-corrected chi connectivity index (χ4v) is 5.78. The van der Waals surface area contributed by atoms with Crippen molar-refractivity contribution in [3.63, 3.8) is 0 Å². The molecule has 2 heterocycles. The third kappa shape index (κ3) is 5.66. The monoisotopic (exact) mass is 450 g/mol. The maximum Gasteiger partial charge on any atom is 0.243 e. The molecule has 7 nitrogen and oxygen atoms in total. The average Bonchev–Trinajstić information content (AvgIpc) is 3.17. The van der Waals surface area contributed by atoms with Crippen molar-refractivity contribution in [2.24, 2.45) is 0 Å². The first-order valence-corrected chi connectivity index (χ1v) is 12.6. The summed E-state index contributed by atoms with van der Waals surface area (Å²) in [5, 5.41) is 5.99. The van der Waals surface area contributed by atoms with Crippen molar-refractivity contribution in [2.75, 3.05) is 32.0 Å². The number of thiazole rings is 1. The predicted molar refractivity (Wildman–Crippen MR) is 120 cm³/mol. The molecule has 164 valence electrons. The Bertz CT molecular complexity index is 982. The van der Waals surface area contributed by atoms with Gasteiger partial charge in [-0.05, 0) is 50.9 Å². The average molecular weight is 451 g/mol. The molecule has 3 rings (SSSR count). The highest BCUT2D eigenvalue weighted by Crippen LogP contribution is 2.25. The van der Waals surface area contributed by atoms with Gasteiger partial charge in [0.15, 0.2) is 0 Å². The number of nitrogens with zero attached hydrogens (tertiary/aromatic N) is 3. The van der Waals surface area contributed by atoms with Crippen molar-refractivity contribution in [2.45, 2.75) is 51.0 Å². The first-order valence-electron chi connectivity index (χ1n) is 10.3. The van der Waals surface area contributed by atoms with E-state index in [2.05, 4.69) is 17.2 Å². The van der Waals surface area contributed by atoms with E-state index in [9.17, 15) is 13.2 Å². The van der Waals surface area contributed by atoms with Gasteiger partial charge in [-0.25, -0.2) is 13.4 Å². The highest BCUT2D eigenvalue weighted by Gasteiger charge is 2.26. The third-order valence-electron chi connectivity index (χ3n) is 5.18. The number of hydrogen-bond acceptors (Lipinski definition) is 6. The summed E-state index contributed by atoms with van der Waals surface area (Å²) in [6.07, 6.45) is 3.75. The second-order valence-corrected chi connectivity index (χ2v) is 10.6. The largest absolute Gasteiger partial charge is 0.325 e. The van der Waals surface area contributed by atoms with E-state index in [1.807, 2.05) is 24.3 Å². The Morgan fingerprint density at radius 3 is 2.67 bits per heavy atom. The summed E-state index contributed by atoms with van der Waals surface area (Å²) in [6.45, 7) is 5.83. The molecule has 1 fully saturated rings. The van der Waals surface area contributed by atoms with Gasteiger partial charge in [-0.2, -0.15) is 4.31 Å². The predicted octanol–water partition coefficient (Wildman–Crippen LogP) is 3.26. The van der Waals surface area contributed by atoms with Gasteiger partial charge in [-0.1, -0.05) is 19.4 Å². The van der Waals surface area contributed by atoms with Gasteiger partial charge in [-0.15, -0.1) is 11.3 Å². The topological polar surface area (TPSA) is 82.6 Å². The summed E-state index contributed by atoms with van der Waals surface area (Å²) in [6, 6.07) is 4.94. The third-order valence-corrected chi connectivity index (χ3v) is 8.12. The first kappa shape index (κ1) is 22.9. The zero-order valence-corrected chi connectivity index (χ0v) is 19.5. The number of piperidine rings is 1. The number of benzene rings is 1. The van der Waals surface area contributed by atoms with E-state index in [0.29, 0.717) is 25.3 Å². The smallest absolute Gasteiger partial charge is 0.243 e. The Labute approximate surface area is 183 Å². The number of amides is 1.